The molecule has 1 fully saturated rings. The quantitative estimate of drug-likeness (QED) is 0.884. The van der Waals surface area contributed by atoms with E-state index < -0.39 is 10.0 Å². The number of rotatable bonds is 5. The molecule has 0 bridgehead atoms. The van der Waals surface area contributed by atoms with E-state index in [1.165, 1.54) is 15.6 Å². The van der Waals surface area contributed by atoms with Crippen molar-refractivity contribution in [2.45, 2.75) is 29.6 Å². The van der Waals surface area contributed by atoms with Gasteiger partial charge >= 0.3 is 0 Å². The summed E-state index contributed by atoms with van der Waals surface area (Å²) in [5.41, 5.74) is 0. The van der Waals surface area contributed by atoms with E-state index in [1.54, 1.807) is 19.2 Å². The number of thiophene rings is 1. The summed E-state index contributed by atoms with van der Waals surface area (Å²) in [6.45, 7) is 1.01. The minimum Gasteiger partial charge on any atom is -0.396 e. The van der Waals surface area contributed by atoms with Gasteiger partial charge in [-0.15, -0.1) is 11.3 Å². The van der Waals surface area contributed by atoms with Gasteiger partial charge in [0.1, 0.15) is 4.21 Å². The van der Waals surface area contributed by atoms with Crippen LogP contribution in [0.5, 0.6) is 0 Å². The summed E-state index contributed by atoms with van der Waals surface area (Å²) < 4.78 is 32.1. The molecule has 0 saturated carbocycles. The van der Waals surface area contributed by atoms with Crippen LogP contribution in [0.25, 0.3) is 0 Å². The molecule has 0 spiro atoms. The highest BCUT2D eigenvalue weighted by Gasteiger charge is 2.31. The first-order valence-corrected chi connectivity index (χ1v) is 8.56. The third kappa shape index (κ3) is 3.35. The van der Waals surface area contributed by atoms with Gasteiger partial charge in [-0.2, -0.15) is 4.31 Å². The second-order valence-corrected chi connectivity index (χ2v) is 7.89. The number of hydrogen-bond acceptors (Lipinski definition) is 5. The van der Waals surface area contributed by atoms with Gasteiger partial charge in [0.15, 0.2) is 0 Å². The lowest BCUT2D eigenvalue weighted by molar-refractivity contribution is 0.0572. The molecule has 7 heteroatoms. The van der Waals surface area contributed by atoms with Crippen molar-refractivity contribution in [1.82, 2.24) is 4.31 Å². The summed E-state index contributed by atoms with van der Waals surface area (Å²) in [7, 11) is -1.80. The molecule has 0 amide bonds. The topological polar surface area (TPSA) is 66.8 Å². The number of methoxy groups -OCH3 is 1. The smallest absolute Gasteiger partial charge is 0.252 e. The van der Waals surface area contributed by atoms with Crippen LogP contribution in [0.4, 0.5) is 0 Å². The van der Waals surface area contributed by atoms with Gasteiger partial charge < -0.3 is 9.84 Å². The first-order chi connectivity index (χ1) is 9.07. The fraction of sp³-hybridized carbons (Fsp3) is 0.667. The SMILES string of the molecule is COC1CCCN(S(=O)(=O)c2ccc(CCO)s2)C1. The van der Waals surface area contributed by atoms with Crippen LogP contribution in [0.3, 0.4) is 0 Å². The van der Waals surface area contributed by atoms with E-state index in [9.17, 15) is 8.42 Å². The Morgan fingerprint density at radius 2 is 2.32 bits per heavy atom. The van der Waals surface area contributed by atoms with Gasteiger partial charge in [0.25, 0.3) is 10.0 Å². The first kappa shape index (κ1) is 14.9. The molecule has 2 heterocycles. The summed E-state index contributed by atoms with van der Waals surface area (Å²) in [6, 6.07) is 3.40. The van der Waals surface area contributed by atoms with Crippen LogP contribution in [0.15, 0.2) is 16.3 Å². The summed E-state index contributed by atoms with van der Waals surface area (Å²) in [5.74, 6) is 0. The Hall–Kier alpha value is -0.470. The monoisotopic (exact) mass is 305 g/mol. The maximum atomic E-state index is 12.5. The summed E-state index contributed by atoms with van der Waals surface area (Å²) in [5, 5.41) is 8.88. The second kappa shape index (κ2) is 6.32. The second-order valence-electron chi connectivity index (χ2n) is 4.56. The Balaban J connectivity index is 2.16. The molecule has 2 rings (SSSR count). The molecule has 0 aromatic carbocycles. The molecule has 1 N–H and O–H groups in total. The third-order valence-electron chi connectivity index (χ3n) is 3.26. The molecule has 19 heavy (non-hydrogen) atoms. The van der Waals surface area contributed by atoms with E-state index in [0.717, 1.165) is 17.7 Å². The summed E-state index contributed by atoms with van der Waals surface area (Å²) >= 11 is 1.24. The van der Waals surface area contributed by atoms with Crippen LogP contribution >= 0.6 is 11.3 Å². The fourth-order valence-corrected chi connectivity index (χ4v) is 5.19. The van der Waals surface area contributed by atoms with E-state index in [-0.39, 0.29) is 12.7 Å². The molecule has 1 unspecified atom stereocenters. The molecule has 1 saturated heterocycles. The van der Waals surface area contributed by atoms with Crippen LogP contribution in [-0.2, 0) is 21.2 Å². The van der Waals surface area contributed by atoms with Gasteiger partial charge in [0, 0.05) is 38.1 Å². The lowest BCUT2D eigenvalue weighted by Gasteiger charge is -2.30. The van der Waals surface area contributed by atoms with Crippen molar-refractivity contribution < 1.29 is 18.3 Å². The first-order valence-electron chi connectivity index (χ1n) is 6.30. The van der Waals surface area contributed by atoms with Crippen LogP contribution in [0.2, 0.25) is 0 Å². The van der Waals surface area contributed by atoms with Gasteiger partial charge in [-0.3, -0.25) is 0 Å². The van der Waals surface area contributed by atoms with Crippen molar-refractivity contribution >= 4 is 21.4 Å². The summed E-state index contributed by atoms with van der Waals surface area (Å²) in [6.07, 6.45) is 2.22. The van der Waals surface area contributed by atoms with Crippen molar-refractivity contribution in [3.05, 3.63) is 17.0 Å². The Morgan fingerprint density at radius 1 is 1.53 bits per heavy atom. The van der Waals surface area contributed by atoms with Gasteiger partial charge in [-0.1, -0.05) is 0 Å². The molecule has 1 atom stereocenters. The average Bonchev–Trinajstić information content (AvgIpc) is 2.88. The highest BCUT2D eigenvalue weighted by Crippen LogP contribution is 2.27. The van der Waals surface area contributed by atoms with E-state index in [2.05, 4.69) is 0 Å². The van der Waals surface area contributed by atoms with Crippen LogP contribution in [0.1, 0.15) is 17.7 Å². The Morgan fingerprint density at radius 3 is 3.00 bits per heavy atom. The van der Waals surface area contributed by atoms with Crippen LogP contribution < -0.4 is 0 Å². The predicted molar refractivity (Wildman–Crippen MR) is 73.9 cm³/mol. The van der Waals surface area contributed by atoms with Crippen molar-refractivity contribution in [2.75, 3.05) is 26.8 Å². The normalized spacial score (nSPS) is 21.7. The highest BCUT2D eigenvalue weighted by atomic mass is 32.2. The molecule has 1 aromatic rings. The van der Waals surface area contributed by atoms with Gasteiger partial charge in [-0.25, -0.2) is 8.42 Å². The zero-order chi connectivity index (χ0) is 13.9. The molecular weight excluding hydrogens is 286 g/mol. The molecule has 1 aliphatic rings. The Bertz CT molecular complexity index is 512. The van der Waals surface area contributed by atoms with Crippen LogP contribution in [0, 0.1) is 0 Å². The maximum absolute atomic E-state index is 12.5. The van der Waals surface area contributed by atoms with Crippen molar-refractivity contribution in [3.8, 4) is 0 Å². The van der Waals surface area contributed by atoms with Crippen LogP contribution in [-0.4, -0.2) is 50.7 Å². The molecule has 0 aliphatic carbocycles. The minimum absolute atomic E-state index is 0.0135. The number of aliphatic hydroxyl groups excluding tert-OH is 1. The van der Waals surface area contributed by atoms with Crippen molar-refractivity contribution in [3.63, 3.8) is 0 Å². The third-order valence-corrected chi connectivity index (χ3v) is 6.74. The van der Waals surface area contributed by atoms with Gasteiger partial charge in [0.2, 0.25) is 0 Å². The zero-order valence-corrected chi connectivity index (χ0v) is 12.5. The predicted octanol–water partition coefficient (Wildman–Crippen LogP) is 1.08. The number of aliphatic hydroxyl groups is 1. The van der Waals surface area contributed by atoms with Gasteiger partial charge in [0.05, 0.1) is 6.10 Å². The van der Waals surface area contributed by atoms with Gasteiger partial charge in [-0.05, 0) is 25.0 Å². The van der Waals surface area contributed by atoms with E-state index in [0.29, 0.717) is 23.7 Å². The van der Waals surface area contributed by atoms with E-state index >= 15 is 0 Å². The highest BCUT2D eigenvalue weighted by molar-refractivity contribution is 7.91. The maximum Gasteiger partial charge on any atom is 0.252 e. The molecule has 1 aliphatic heterocycles. The van der Waals surface area contributed by atoms with Crippen molar-refractivity contribution in [2.24, 2.45) is 0 Å². The molecule has 0 radical (unpaired) electrons. The Kier molecular flexibility index (Phi) is 4.97. The minimum atomic E-state index is -3.41. The van der Waals surface area contributed by atoms with E-state index in [1.807, 2.05) is 0 Å². The average molecular weight is 305 g/mol. The fourth-order valence-electron chi connectivity index (χ4n) is 2.18. The summed E-state index contributed by atoms with van der Waals surface area (Å²) in [4.78, 5) is 0.890. The largest absolute Gasteiger partial charge is 0.396 e. The number of piperidine rings is 1. The Labute approximate surface area is 117 Å². The number of sulfonamides is 1. The number of ether oxygens (including phenoxy) is 1. The standard InChI is InChI=1S/C12H19NO4S2/c1-17-10-3-2-7-13(9-10)19(15,16)12-5-4-11(18-12)6-8-14/h4-5,10,14H,2-3,6-9H2,1H3. The van der Waals surface area contributed by atoms with Crippen molar-refractivity contribution in [1.29, 1.82) is 0 Å². The molecule has 108 valence electrons. The molecule has 5 nitrogen and oxygen atoms in total. The lowest BCUT2D eigenvalue weighted by atomic mass is 10.1. The molecular formula is C12H19NO4S2. The lowest BCUT2D eigenvalue weighted by Crippen LogP contribution is -2.42. The zero-order valence-electron chi connectivity index (χ0n) is 10.9. The molecule has 1 aromatic heterocycles. The van der Waals surface area contributed by atoms with E-state index in [4.69, 9.17) is 9.84 Å². The number of nitrogens with zero attached hydrogens (tertiary/aromatic N) is 1. The number of hydrogen-bond donors (Lipinski definition) is 1.